The van der Waals surface area contributed by atoms with Crippen LogP contribution in [0.4, 0.5) is 0 Å². The first-order valence-electron chi connectivity index (χ1n) is 20.9. The summed E-state index contributed by atoms with van der Waals surface area (Å²) in [7, 11) is 0. The highest BCUT2D eigenvalue weighted by molar-refractivity contribution is 6.17. The van der Waals surface area contributed by atoms with Crippen LogP contribution in [0.1, 0.15) is 0 Å². The fourth-order valence-electron chi connectivity index (χ4n) is 9.08. The molecule has 0 unspecified atom stereocenters. The number of hydrogen-bond acceptors (Lipinski definition) is 3. The van der Waals surface area contributed by atoms with Gasteiger partial charge in [0.25, 0.3) is 0 Å². The van der Waals surface area contributed by atoms with Crippen LogP contribution in [0.15, 0.2) is 224 Å². The molecule has 0 aliphatic carbocycles. The molecular formula is C57H37N5. The summed E-state index contributed by atoms with van der Waals surface area (Å²) in [6, 6.07) is 79.2. The van der Waals surface area contributed by atoms with Crippen LogP contribution in [0.5, 0.6) is 0 Å². The Bertz CT molecular complexity index is 3490. The predicted molar refractivity (Wildman–Crippen MR) is 256 cm³/mol. The molecule has 0 radical (unpaired) electrons. The fourth-order valence-corrected chi connectivity index (χ4v) is 9.08. The van der Waals surface area contributed by atoms with Gasteiger partial charge >= 0.3 is 0 Å². The van der Waals surface area contributed by atoms with Gasteiger partial charge in [0.05, 0.1) is 22.1 Å². The van der Waals surface area contributed by atoms with Gasteiger partial charge in [-0.3, -0.25) is 4.57 Å². The largest absolute Gasteiger partial charge is 0.309 e. The Labute approximate surface area is 358 Å². The summed E-state index contributed by atoms with van der Waals surface area (Å²) in [4.78, 5) is 15.7. The number of aromatic nitrogens is 5. The predicted octanol–water partition coefficient (Wildman–Crippen LogP) is 14.4. The molecule has 9 aromatic carbocycles. The van der Waals surface area contributed by atoms with E-state index >= 15 is 0 Å². The zero-order chi connectivity index (χ0) is 41.0. The summed E-state index contributed by atoms with van der Waals surface area (Å²) in [5.41, 5.74) is 14.3. The van der Waals surface area contributed by atoms with Crippen LogP contribution in [0.2, 0.25) is 0 Å². The van der Waals surface area contributed by atoms with Crippen molar-refractivity contribution in [3.63, 3.8) is 0 Å². The van der Waals surface area contributed by atoms with Crippen molar-refractivity contribution in [3.8, 4) is 67.8 Å². The lowest BCUT2D eigenvalue weighted by Gasteiger charge is -2.12. The molecule has 62 heavy (non-hydrogen) atoms. The van der Waals surface area contributed by atoms with E-state index in [1.165, 1.54) is 21.8 Å². The van der Waals surface area contributed by atoms with Crippen LogP contribution < -0.4 is 0 Å². The molecule has 3 aromatic heterocycles. The topological polar surface area (TPSA) is 48.5 Å². The fraction of sp³-hybridized carbons (Fsp3) is 0. The monoisotopic (exact) mass is 791 g/mol. The quantitative estimate of drug-likeness (QED) is 0.162. The summed E-state index contributed by atoms with van der Waals surface area (Å²) in [5, 5.41) is 4.72. The second-order valence-corrected chi connectivity index (χ2v) is 15.6. The molecule has 0 saturated heterocycles. The molecule has 0 aliphatic rings. The van der Waals surface area contributed by atoms with Gasteiger partial charge in [-0.1, -0.05) is 182 Å². The third kappa shape index (κ3) is 5.98. The van der Waals surface area contributed by atoms with E-state index in [0.717, 1.165) is 72.0 Å². The second kappa shape index (κ2) is 14.7. The molecule has 0 spiro atoms. The Morgan fingerprint density at radius 2 is 0.726 bits per heavy atom. The minimum atomic E-state index is 0.564. The van der Waals surface area contributed by atoms with Crippen molar-refractivity contribution < 1.29 is 0 Å². The van der Waals surface area contributed by atoms with Crippen LogP contribution in [0, 0.1) is 0 Å². The maximum atomic E-state index is 5.29. The number of fused-ring (bicyclic) bond motifs is 6. The Morgan fingerprint density at radius 3 is 1.34 bits per heavy atom. The molecule has 0 bridgehead atoms. The number of rotatable bonds is 7. The number of hydrogen-bond donors (Lipinski definition) is 0. The second-order valence-electron chi connectivity index (χ2n) is 15.6. The lowest BCUT2D eigenvalue weighted by Crippen LogP contribution is -2.06. The molecule has 5 nitrogen and oxygen atoms in total. The van der Waals surface area contributed by atoms with Crippen molar-refractivity contribution in [3.05, 3.63) is 224 Å². The van der Waals surface area contributed by atoms with Gasteiger partial charge in [0.1, 0.15) is 0 Å². The SMILES string of the molecule is c1ccc(-c2ccc(-c3nc(-c4ccc(-c5ccccc5)cc4)nc(-n4c5ccccc5c5c(-c6ccc7c(c6)c6ccccc6n7-c6ccccc6)cccc54)n3)cc2)cc1. The number of benzene rings is 9. The highest BCUT2D eigenvalue weighted by atomic mass is 15.2. The van der Waals surface area contributed by atoms with Gasteiger partial charge in [-0.25, -0.2) is 4.98 Å². The summed E-state index contributed by atoms with van der Waals surface area (Å²) in [6.07, 6.45) is 0. The minimum absolute atomic E-state index is 0.564. The lowest BCUT2D eigenvalue weighted by molar-refractivity contribution is 0.953. The first-order chi connectivity index (χ1) is 30.7. The Morgan fingerprint density at radius 1 is 0.274 bits per heavy atom. The van der Waals surface area contributed by atoms with Crippen LogP contribution >= 0.6 is 0 Å². The standard InChI is InChI=1S/C57H37N5/c1-4-15-38(16-5-1)40-27-31-42(32-28-40)55-58-56(43-33-29-41(30-34-43)39-17-6-2-7-18-39)60-57(59-55)62-51-25-13-11-22-48(51)54-46(23-14-26-53(54)62)44-35-36-52-49(37-44)47-21-10-12-24-50(47)61(52)45-19-8-3-9-20-45/h1-37H. The molecule has 290 valence electrons. The smallest absolute Gasteiger partial charge is 0.238 e. The van der Waals surface area contributed by atoms with E-state index in [0.29, 0.717) is 17.6 Å². The van der Waals surface area contributed by atoms with Crippen molar-refractivity contribution in [2.75, 3.05) is 0 Å². The average Bonchev–Trinajstić information content (AvgIpc) is 3.88. The van der Waals surface area contributed by atoms with Crippen molar-refractivity contribution in [1.29, 1.82) is 0 Å². The third-order valence-corrected chi connectivity index (χ3v) is 12.0. The molecule has 0 fully saturated rings. The van der Waals surface area contributed by atoms with E-state index in [4.69, 9.17) is 15.0 Å². The maximum Gasteiger partial charge on any atom is 0.238 e. The Hall–Kier alpha value is -8.41. The Balaban J connectivity index is 1.05. The van der Waals surface area contributed by atoms with Crippen LogP contribution in [-0.2, 0) is 0 Å². The molecule has 0 N–H and O–H groups in total. The molecule has 0 atom stereocenters. The van der Waals surface area contributed by atoms with Gasteiger partial charge < -0.3 is 4.57 Å². The highest BCUT2D eigenvalue weighted by Crippen LogP contribution is 2.41. The van der Waals surface area contributed by atoms with Crippen molar-refractivity contribution >= 4 is 43.6 Å². The van der Waals surface area contributed by atoms with Crippen molar-refractivity contribution in [1.82, 2.24) is 24.1 Å². The molecule has 12 rings (SSSR count). The van der Waals surface area contributed by atoms with Crippen LogP contribution in [0.3, 0.4) is 0 Å². The summed E-state index contributed by atoms with van der Waals surface area (Å²) < 4.78 is 4.57. The first kappa shape index (κ1) is 35.5. The normalized spacial score (nSPS) is 11.5. The van der Waals surface area contributed by atoms with Crippen LogP contribution in [-0.4, -0.2) is 24.1 Å². The van der Waals surface area contributed by atoms with Gasteiger partial charge in [0, 0.05) is 38.4 Å². The van der Waals surface area contributed by atoms with E-state index in [-0.39, 0.29) is 0 Å². The third-order valence-electron chi connectivity index (χ3n) is 12.0. The highest BCUT2D eigenvalue weighted by Gasteiger charge is 2.21. The number of nitrogens with zero attached hydrogens (tertiary/aromatic N) is 5. The maximum absolute atomic E-state index is 5.29. The van der Waals surface area contributed by atoms with Crippen LogP contribution in [0.25, 0.3) is 111 Å². The van der Waals surface area contributed by atoms with E-state index in [1.807, 2.05) is 12.1 Å². The van der Waals surface area contributed by atoms with Crippen molar-refractivity contribution in [2.24, 2.45) is 0 Å². The molecule has 0 aliphatic heterocycles. The molecule has 5 heteroatoms. The first-order valence-corrected chi connectivity index (χ1v) is 20.9. The minimum Gasteiger partial charge on any atom is -0.309 e. The van der Waals surface area contributed by atoms with Crippen molar-refractivity contribution in [2.45, 2.75) is 0 Å². The van der Waals surface area contributed by atoms with E-state index in [1.54, 1.807) is 0 Å². The lowest BCUT2D eigenvalue weighted by atomic mass is 9.98. The number of para-hydroxylation sites is 3. The van der Waals surface area contributed by atoms with E-state index in [2.05, 4.69) is 221 Å². The van der Waals surface area contributed by atoms with Gasteiger partial charge in [-0.15, -0.1) is 0 Å². The molecule has 0 amide bonds. The molecule has 0 saturated carbocycles. The van der Waals surface area contributed by atoms with Gasteiger partial charge in [0.15, 0.2) is 11.6 Å². The van der Waals surface area contributed by atoms with E-state index < -0.39 is 0 Å². The zero-order valence-electron chi connectivity index (χ0n) is 33.6. The molecule has 3 heterocycles. The summed E-state index contributed by atoms with van der Waals surface area (Å²) in [5.74, 6) is 1.78. The summed E-state index contributed by atoms with van der Waals surface area (Å²) >= 11 is 0. The molecular weight excluding hydrogens is 755 g/mol. The average molecular weight is 792 g/mol. The van der Waals surface area contributed by atoms with Gasteiger partial charge in [0.2, 0.25) is 5.95 Å². The van der Waals surface area contributed by atoms with E-state index in [9.17, 15) is 0 Å². The van der Waals surface area contributed by atoms with Gasteiger partial charge in [-0.05, 0) is 75.8 Å². The summed E-state index contributed by atoms with van der Waals surface area (Å²) in [6.45, 7) is 0. The zero-order valence-corrected chi connectivity index (χ0v) is 33.6. The molecule has 12 aromatic rings. The van der Waals surface area contributed by atoms with Gasteiger partial charge in [-0.2, -0.15) is 9.97 Å². The Kier molecular flexibility index (Phi) is 8.42.